The molecule has 0 radical (unpaired) electrons. The summed E-state index contributed by atoms with van der Waals surface area (Å²) in [4.78, 5) is 2.41. The number of hydrogen-bond donors (Lipinski definition) is 0. The van der Waals surface area contributed by atoms with Crippen LogP contribution in [0.2, 0.25) is 0 Å². The summed E-state index contributed by atoms with van der Waals surface area (Å²) in [5.41, 5.74) is 10.0. The first-order valence-electron chi connectivity index (χ1n) is 18.0. The number of rotatable bonds is 5. The Labute approximate surface area is 310 Å². The third kappa shape index (κ3) is 4.78. The molecule has 9 aromatic carbocycles. The Bertz CT molecular complexity index is 3150. The summed E-state index contributed by atoms with van der Waals surface area (Å²) < 4.78 is 8.89. The van der Waals surface area contributed by atoms with Gasteiger partial charge in [-0.2, -0.15) is 0 Å². The van der Waals surface area contributed by atoms with E-state index >= 15 is 0 Å². The fourth-order valence-corrected chi connectivity index (χ4v) is 9.37. The van der Waals surface area contributed by atoms with Crippen molar-refractivity contribution in [2.45, 2.75) is 0 Å². The van der Waals surface area contributed by atoms with Crippen molar-refractivity contribution in [2.75, 3.05) is 4.90 Å². The minimum atomic E-state index is 0.925. The quantitative estimate of drug-likeness (QED) is 0.167. The Kier molecular flexibility index (Phi) is 6.76. The number of benzene rings is 9. The second kappa shape index (κ2) is 11.9. The van der Waals surface area contributed by atoms with Gasteiger partial charge in [0.05, 0.1) is 5.69 Å². The zero-order valence-electron chi connectivity index (χ0n) is 28.7. The second-order valence-corrected chi connectivity index (χ2v) is 14.7. The van der Waals surface area contributed by atoms with E-state index in [1.807, 2.05) is 17.4 Å². The van der Waals surface area contributed by atoms with Gasteiger partial charge in [0, 0.05) is 47.7 Å². The summed E-state index contributed by atoms with van der Waals surface area (Å²) in [5, 5.41) is 9.86. The van der Waals surface area contributed by atoms with E-state index < -0.39 is 0 Å². The maximum atomic E-state index is 6.34. The van der Waals surface area contributed by atoms with Crippen LogP contribution in [-0.4, -0.2) is 0 Å². The van der Waals surface area contributed by atoms with Gasteiger partial charge in [-0.3, -0.25) is 0 Å². The molecule has 11 rings (SSSR count). The molecule has 0 saturated heterocycles. The van der Waals surface area contributed by atoms with Crippen LogP contribution in [0.15, 0.2) is 192 Å². The lowest BCUT2D eigenvalue weighted by Crippen LogP contribution is -2.10. The standard InChI is InChI=1S/C50H31NOS/c1-2-11-32(12-3-1)33-21-25-36(26-22-33)51(43-31-35-13-4-5-14-38(35)40-15-6-7-16-41(40)43)37-27-23-34(24-28-37)39-18-10-20-46-49(39)50-47(53-46)30-29-45-48(50)42-17-8-9-19-44(42)52-45/h1-31H. The molecule has 2 heterocycles. The predicted octanol–water partition coefficient (Wildman–Crippen LogP) is 15.1. The Morgan fingerprint density at radius 2 is 1.00 bits per heavy atom. The molecule has 0 aliphatic rings. The van der Waals surface area contributed by atoms with Crippen molar-refractivity contribution >= 4 is 92.1 Å². The van der Waals surface area contributed by atoms with E-state index in [2.05, 4.69) is 187 Å². The van der Waals surface area contributed by atoms with E-state index in [1.54, 1.807) is 0 Å². The van der Waals surface area contributed by atoms with Crippen molar-refractivity contribution in [3.05, 3.63) is 188 Å². The maximum Gasteiger partial charge on any atom is 0.136 e. The molecule has 0 amide bonds. The van der Waals surface area contributed by atoms with Gasteiger partial charge in [-0.25, -0.2) is 0 Å². The fraction of sp³-hybridized carbons (Fsp3) is 0. The van der Waals surface area contributed by atoms with Crippen LogP contribution in [0.1, 0.15) is 0 Å². The van der Waals surface area contributed by atoms with Crippen LogP contribution in [-0.2, 0) is 0 Å². The normalized spacial score (nSPS) is 11.8. The third-order valence-corrected chi connectivity index (χ3v) is 11.8. The first-order chi connectivity index (χ1) is 26.3. The lowest BCUT2D eigenvalue weighted by Gasteiger charge is -2.28. The number of thiophene rings is 1. The van der Waals surface area contributed by atoms with Crippen molar-refractivity contribution in [2.24, 2.45) is 0 Å². The summed E-state index contributed by atoms with van der Waals surface area (Å²) in [6, 6.07) is 67.9. The molecule has 0 fully saturated rings. The lowest BCUT2D eigenvalue weighted by atomic mass is 9.96. The molecule has 0 atom stereocenters. The predicted molar refractivity (Wildman–Crippen MR) is 227 cm³/mol. The number of para-hydroxylation sites is 1. The molecule has 248 valence electrons. The summed E-state index contributed by atoms with van der Waals surface area (Å²) in [7, 11) is 0. The SMILES string of the molecule is c1ccc(-c2ccc(N(c3ccc(-c4cccc5sc6ccc7oc8ccccc8c7c6c45)cc3)c3cc4ccccc4c4ccccc34)cc2)cc1. The van der Waals surface area contributed by atoms with Crippen LogP contribution >= 0.6 is 11.3 Å². The summed E-state index contributed by atoms with van der Waals surface area (Å²) >= 11 is 1.85. The smallest absolute Gasteiger partial charge is 0.136 e. The first-order valence-corrected chi connectivity index (χ1v) is 18.8. The molecule has 0 aliphatic carbocycles. The molecular formula is C50H31NOS. The first kappa shape index (κ1) is 30.0. The van der Waals surface area contributed by atoms with E-state index in [9.17, 15) is 0 Å². The van der Waals surface area contributed by atoms with Gasteiger partial charge < -0.3 is 9.32 Å². The molecule has 11 aromatic rings. The molecule has 0 bridgehead atoms. The summed E-state index contributed by atoms with van der Waals surface area (Å²) in [5.74, 6) is 0. The molecule has 0 N–H and O–H groups in total. The Morgan fingerprint density at radius 3 is 1.79 bits per heavy atom. The summed E-state index contributed by atoms with van der Waals surface area (Å²) in [6.45, 7) is 0. The van der Waals surface area contributed by atoms with E-state index in [-0.39, 0.29) is 0 Å². The molecule has 2 aromatic heterocycles. The highest BCUT2D eigenvalue weighted by atomic mass is 32.1. The number of nitrogens with zero attached hydrogens (tertiary/aromatic N) is 1. The van der Waals surface area contributed by atoms with Gasteiger partial charge in [0.25, 0.3) is 0 Å². The van der Waals surface area contributed by atoms with Crippen LogP contribution in [0.25, 0.3) is 85.9 Å². The molecule has 0 unspecified atom stereocenters. The number of fused-ring (bicyclic) bond motifs is 10. The topological polar surface area (TPSA) is 16.4 Å². The molecule has 0 saturated carbocycles. The van der Waals surface area contributed by atoms with Crippen molar-refractivity contribution in [1.82, 2.24) is 0 Å². The van der Waals surface area contributed by atoms with Crippen LogP contribution in [0.3, 0.4) is 0 Å². The molecular weight excluding hydrogens is 663 g/mol. The van der Waals surface area contributed by atoms with Crippen LogP contribution in [0.5, 0.6) is 0 Å². The lowest BCUT2D eigenvalue weighted by molar-refractivity contribution is 0.669. The van der Waals surface area contributed by atoms with Crippen molar-refractivity contribution in [3.8, 4) is 22.3 Å². The second-order valence-electron chi connectivity index (χ2n) is 13.6. The van der Waals surface area contributed by atoms with Crippen molar-refractivity contribution < 1.29 is 4.42 Å². The zero-order chi connectivity index (χ0) is 34.9. The van der Waals surface area contributed by atoms with E-state index in [4.69, 9.17) is 4.42 Å². The van der Waals surface area contributed by atoms with E-state index in [1.165, 1.54) is 69.4 Å². The van der Waals surface area contributed by atoms with Gasteiger partial charge in [0.15, 0.2) is 0 Å². The van der Waals surface area contributed by atoms with Crippen LogP contribution in [0, 0.1) is 0 Å². The highest BCUT2D eigenvalue weighted by Crippen LogP contribution is 2.47. The highest BCUT2D eigenvalue weighted by molar-refractivity contribution is 7.26. The third-order valence-electron chi connectivity index (χ3n) is 10.7. The van der Waals surface area contributed by atoms with Crippen molar-refractivity contribution in [1.29, 1.82) is 0 Å². The van der Waals surface area contributed by atoms with Crippen LogP contribution in [0.4, 0.5) is 17.1 Å². The number of hydrogen-bond acceptors (Lipinski definition) is 3. The average molecular weight is 694 g/mol. The number of anilines is 3. The minimum Gasteiger partial charge on any atom is -0.456 e. The molecule has 53 heavy (non-hydrogen) atoms. The van der Waals surface area contributed by atoms with Crippen LogP contribution < -0.4 is 4.90 Å². The number of furan rings is 1. The molecule has 2 nitrogen and oxygen atoms in total. The Morgan fingerprint density at radius 1 is 0.377 bits per heavy atom. The van der Waals surface area contributed by atoms with Gasteiger partial charge in [-0.1, -0.05) is 133 Å². The Hall–Kier alpha value is -6.68. The highest BCUT2D eigenvalue weighted by Gasteiger charge is 2.20. The fourth-order valence-electron chi connectivity index (χ4n) is 8.23. The monoisotopic (exact) mass is 693 g/mol. The van der Waals surface area contributed by atoms with Gasteiger partial charge >= 0.3 is 0 Å². The molecule has 0 aliphatic heterocycles. The minimum absolute atomic E-state index is 0.925. The van der Waals surface area contributed by atoms with Gasteiger partial charge in [-0.05, 0) is 93.0 Å². The van der Waals surface area contributed by atoms with E-state index in [0.717, 1.165) is 33.6 Å². The molecule has 3 heteroatoms. The average Bonchev–Trinajstić information content (AvgIpc) is 3.80. The molecule has 0 spiro atoms. The Balaban J connectivity index is 1.10. The van der Waals surface area contributed by atoms with Gasteiger partial charge in [0.2, 0.25) is 0 Å². The zero-order valence-corrected chi connectivity index (χ0v) is 29.5. The van der Waals surface area contributed by atoms with E-state index in [0.29, 0.717) is 0 Å². The van der Waals surface area contributed by atoms with Gasteiger partial charge in [0.1, 0.15) is 11.2 Å². The largest absolute Gasteiger partial charge is 0.456 e. The van der Waals surface area contributed by atoms with Crippen molar-refractivity contribution in [3.63, 3.8) is 0 Å². The maximum absolute atomic E-state index is 6.34. The van der Waals surface area contributed by atoms with Gasteiger partial charge in [-0.15, -0.1) is 11.3 Å². The summed E-state index contributed by atoms with van der Waals surface area (Å²) in [6.07, 6.45) is 0.